The highest BCUT2D eigenvalue weighted by Gasteiger charge is 2.16. The first-order chi connectivity index (χ1) is 11.6. The van der Waals surface area contributed by atoms with Gasteiger partial charge in [-0.2, -0.15) is 0 Å². The Hall–Kier alpha value is -2.47. The molecule has 0 unspecified atom stereocenters. The van der Waals surface area contributed by atoms with Crippen molar-refractivity contribution >= 4 is 45.6 Å². The first-order valence-corrected chi connectivity index (χ1v) is 8.65. The molecule has 124 valence electrons. The minimum Gasteiger partial charge on any atom is -0.352 e. The summed E-state index contributed by atoms with van der Waals surface area (Å²) in [6.07, 6.45) is 1.24. The molecule has 1 aromatic carbocycles. The predicted molar refractivity (Wildman–Crippen MR) is 97.8 cm³/mol. The molecule has 0 atom stereocenters. The van der Waals surface area contributed by atoms with E-state index in [1.54, 1.807) is 11.3 Å². The number of benzene rings is 1. The number of hydrogen-bond donors (Lipinski definition) is 2. The summed E-state index contributed by atoms with van der Waals surface area (Å²) in [6, 6.07) is 8.09. The van der Waals surface area contributed by atoms with Crippen LogP contribution in [0, 0.1) is 6.92 Å². The number of fused-ring (bicyclic) bond motifs is 2. The largest absolute Gasteiger partial charge is 0.352 e. The number of aldehydes is 1. The zero-order valence-electron chi connectivity index (χ0n) is 13.7. The van der Waals surface area contributed by atoms with Gasteiger partial charge in [-0.05, 0) is 37.6 Å². The third kappa shape index (κ3) is 3.54. The number of carbonyl (C=O) groups excluding carboxylic acids is 2. The van der Waals surface area contributed by atoms with Gasteiger partial charge in [0.05, 0.1) is 11.4 Å². The smallest absolute Gasteiger partial charge is 0.220 e. The molecule has 1 aliphatic heterocycles. The third-order valence-electron chi connectivity index (χ3n) is 3.82. The minimum atomic E-state index is -0.118. The van der Waals surface area contributed by atoms with Crippen LogP contribution in [0.25, 0.3) is 0 Å². The van der Waals surface area contributed by atoms with Crippen molar-refractivity contribution < 1.29 is 9.59 Å². The topological polar surface area (TPSA) is 70.6 Å². The molecule has 3 rings (SSSR count). The van der Waals surface area contributed by atoms with Crippen LogP contribution in [-0.2, 0) is 16.1 Å². The van der Waals surface area contributed by atoms with E-state index < -0.39 is 0 Å². The monoisotopic (exact) mass is 341 g/mol. The average Bonchev–Trinajstić information content (AvgIpc) is 2.87. The van der Waals surface area contributed by atoms with Crippen LogP contribution in [0.15, 0.2) is 29.3 Å². The Morgan fingerprint density at radius 1 is 1.33 bits per heavy atom. The number of thiophene rings is 1. The van der Waals surface area contributed by atoms with Crippen molar-refractivity contribution in [3.05, 3.63) is 40.3 Å². The molecule has 1 aromatic heterocycles. The SMILES string of the molecule is CC1=Nc2cc(CNC(=O)CCC=O)ccc2Nc2sc(C)cc21. The summed E-state index contributed by atoms with van der Waals surface area (Å²) in [5.41, 5.74) is 4.93. The van der Waals surface area contributed by atoms with Gasteiger partial charge in [-0.15, -0.1) is 11.3 Å². The summed E-state index contributed by atoms with van der Waals surface area (Å²) < 4.78 is 0. The number of anilines is 2. The molecule has 2 aromatic rings. The lowest BCUT2D eigenvalue weighted by molar-refractivity contribution is -0.122. The fraction of sp³-hybridized carbons (Fsp3) is 0.278. The molecule has 2 N–H and O–H groups in total. The first kappa shape index (κ1) is 16.4. The van der Waals surface area contributed by atoms with Crippen LogP contribution in [0.1, 0.15) is 35.8 Å². The van der Waals surface area contributed by atoms with Crippen molar-refractivity contribution in [2.75, 3.05) is 5.32 Å². The molecule has 1 amide bonds. The van der Waals surface area contributed by atoms with E-state index in [4.69, 9.17) is 4.99 Å². The first-order valence-electron chi connectivity index (χ1n) is 7.83. The minimum absolute atomic E-state index is 0.118. The maximum Gasteiger partial charge on any atom is 0.220 e. The Kier molecular flexibility index (Phi) is 4.76. The van der Waals surface area contributed by atoms with Crippen LogP contribution >= 0.6 is 11.3 Å². The number of amides is 1. The second kappa shape index (κ2) is 6.97. The van der Waals surface area contributed by atoms with E-state index >= 15 is 0 Å². The molecule has 0 saturated heterocycles. The van der Waals surface area contributed by atoms with Gasteiger partial charge in [0.25, 0.3) is 0 Å². The Labute approximate surface area is 144 Å². The van der Waals surface area contributed by atoms with Crippen molar-refractivity contribution in [1.29, 1.82) is 0 Å². The second-order valence-corrected chi connectivity index (χ2v) is 7.01. The molecule has 0 fully saturated rings. The van der Waals surface area contributed by atoms with E-state index in [9.17, 15) is 9.59 Å². The highest BCUT2D eigenvalue weighted by molar-refractivity contribution is 7.16. The molecular formula is C18H19N3O2S. The van der Waals surface area contributed by atoms with E-state index in [2.05, 4.69) is 23.6 Å². The molecule has 0 spiro atoms. The lowest BCUT2D eigenvalue weighted by atomic mass is 10.1. The van der Waals surface area contributed by atoms with Crippen molar-refractivity contribution in [1.82, 2.24) is 5.32 Å². The lowest BCUT2D eigenvalue weighted by Gasteiger charge is -2.09. The lowest BCUT2D eigenvalue weighted by Crippen LogP contribution is -2.22. The number of hydrogen-bond acceptors (Lipinski definition) is 5. The van der Waals surface area contributed by atoms with Crippen LogP contribution in [-0.4, -0.2) is 17.9 Å². The van der Waals surface area contributed by atoms with Gasteiger partial charge in [0.2, 0.25) is 5.91 Å². The van der Waals surface area contributed by atoms with Crippen LogP contribution in [0.5, 0.6) is 0 Å². The molecule has 6 heteroatoms. The zero-order valence-corrected chi connectivity index (χ0v) is 14.5. The Bertz CT molecular complexity index is 824. The summed E-state index contributed by atoms with van der Waals surface area (Å²) in [5, 5.41) is 7.39. The van der Waals surface area contributed by atoms with Gasteiger partial charge in [0, 0.05) is 35.5 Å². The third-order valence-corrected chi connectivity index (χ3v) is 4.79. The van der Waals surface area contributed by atoms with Gasteiger partial charge < -0.3 is 15.4 Å². The Morgan fingerprint density at radius 2 is 2.17 bits per heavy atom. The van der Waals surface area contributed by atoms with E-state index in [1.807, 2.05) is 25.1 Å². The standard InChI is InChI=1S/C18H19N3O2S/c1-11-8-14-12(2)20-16-9-13(10-19-17(23)4-3-7-22)5-6-15(16)21-18(14)24-11/h5-9,21H,3-4,10H2,1-2H3,(H,19,23). The number of nitrogens with zero attached hydrogens (tertiary/aromatic N) is 1. The van der Waals surface area contributed by atoms with Gasteiger partial charge in [-0.1, -0.05) is 6.07 Å². The van der Waals surface area contributed by atoms with Crippen LogP contribution in [0.4, 0.5) is 16.4 Å². The number of nitrogens with one attached hydrogen (secondary N) is 2. The molecule has 5 nitrogen and oxygen atoms in total. The average molecular weight is 341 g/mol. The molecular weight excluding hydrogens is 322 g/mol. The van der Waals surface area contributed by atoms with Crippen molar-refractivity contribution in [2.24, 2.45) is 4.99 Å². The predicted octanol–water partition coefficient (Wildman–Crippen LogP) is 3.85. The maximum absolute atomic E-state index is 11.6. The number of rotatable bonds is 5. The van der Waals surface area contributed by atoms with Crippen molar-refractivity contribution in [2.45, 2.75) is 33.2 Å². The normalized spacial score (nSPS) is 12.3. The van der Waals surface area contributed by atoms with Gasteiger partial charge >= 0.3 is 0 Å². The fourth-order valence-electron chi connectivity index (χ4n) is 2.60. The van der Waals surface area contributed by atoms with E-state index in [1.165, 1.54) is 4.88 Å². The maximum atomic E-state index is 11.6. The van der Waals surface area contributed by atoms with E-state index in [-0.39, 0.29) is 18.7 Å². The molecule has 0 saturated carbocycles. The molecule has 0 aliphatic carbocycles. The second-order valence-electron chi connectivity index (χ2n) is 5.76. The highest BCUT2D eigenvalue weighted by Crippen LogP contribution is 2.38. The summed E-state index contributed by atoms with van der Waals surface area (Å²) in [6.45, 7) is 4.53. The van der Waals surface area contributed by atoms with Crippen LogP contribution in [0.3, 0.4) is 0 Å². The van der Waals surface area contributed by atoms with Gasteiger partial charge in [0.15, 0.2) is 0 Å². The Balaban J connectivity index is 1.78. The summed E-state index contributed by atoms with van der Waals surface area (Å²) in [5.74, 6) is -0.118. The van der Waals surface area contributed by atoms with Gasteiger partial charge in [-0.3, -0.25) is 9.79 Å². The number of aryl methyl sites for hydroxylation is 1. The molecule has 0 bridgehead atoms. The number of carbonyl (C=O) groups is 2. The van der Waals surface area contributed by atoms with Gasteiger partial charge in [0.1, 0.15) is 11.3 Å². The quantitative estimate of drug-likeness (QED) is 0.812. The number of aliphatic imine (C=N–C) groups is 1. The highest BCUT2D eigenvalue weighted by atomic mass is 32.1. The zero-order chi connectivity index (χ0) is 17.1. The summed E-state index contributed by atoms with van der Waals surface area (Å²) in [7, 11) is 0. The summed E-state index contributed by atoms with van der Waals surface area (Å²) in [4.78, 5) is 27.9. The van der Waals surface area contributed by atoms with E-state index in [0.717, 1.165) is 39.5 Å². The van der Waals surface area contributed by atoms with Crippen molar-refractivity contribution in [3.63, 3.8) is 0 Å². The van der Waals surface area contributed by atoms with Crippen LogP contribution in [0.2, 0.25) is 0 Å². The van der Waals surface area contributed by atoms with Crippen molar-refractivity contribution in [3.8, 4) is 0 Å². The van der Waals surface area contributed by atoms with Gasteiger partial charge in [-0.25, -0.2) is 0 Å². The molecule has 0 radical (unpaired) electrons. The summed E-state index contributed by atoms with van der Waals surface area (Å²) >= 11 is 1.72. The van der Waals surface area contributed by atoms with Crippen LogP contribution < -0.4 is 10.6 Å². The molecule has 24 heavy (non-hydrogen) atoms. The Morgan fingerprint density at radius 3 is 2.96 bits per heavy atom. The molecule has 1 aliphatic rings. The molecule has 2 heterocycles. The fourth-order valence-corrected chi connectivity index (χ4v) is 3.58. The van der Waals surface area contributed by atoms with E-state index in [0.29, 0.717) is 6.54 Å².